The van der Waals surface area contributed by atoms with Crippen molar-refractivity contribution in [2.75, 3.05) is 19.9 Å². The number of rotatable bonds is 6. The highest BCUT2D eigenvalue weighted by atomic mass is 32.2. The van der Waals surface area contributed by atoms with E-state index in [1.165, 1.54) is 4.31 Å². The maximum atomic E-state index is 13.3. The molecule has 0 saturated carbocycles. The van der Waals surface area contributed by atoms with Crippen molar-refractivity contribution >= 4 is 27.0 Å². The van der Waals surface area contributed by atoms with Crippen LogP contribution in [0.1, 0.15) is 38.3 Å². The lowest BCUT2D eigenvalue weighted by Gasteiger charge is -2.31. The lowest BCUT2D eigenvalue weighted by atomic mass is 9.98. The molecular weight excluding hydrogens is 458 g/mol. The fourth-order valence-corrected chi connectivity index (χ4v) is 5.92. The number of benzene rings is 2. The number of sulfonamides is 1. The quantitative estimate of drug-likeness (QED) is 0.570. The van der Waals surface area contributed by atoms with Gasteiger partial charge in [0, 0.05) is 25.7 Å². The van der Waals surface area contributed by atoms with E-state index in [9.17, 15) is 13.2 Å². The summed E-state index contributed by atoms with van der Waals surface area (Å²) in [7, 11) is -3.76. The molecule has 1 atom stereocenters. The highest BCUT2D eigenvalue weighted by Gasteiger charge is 2.33. The molecule has 5 rings (SSSR count). The molecular formula is C23H27N5O5S. The Bertz CT molecular complexity index is 1340. The lowest BCUT2D eigenvalue weighted by Crippen LogP contribution is -2.45. The van der Waals surface area contributed by atoms with E-state index in [0.717, 1.165) is 11.1 Å². The van der Waals surface area contributed by atoms with Crippen molar-refractivity contribution in [2.24, 2.45) is 5.92 Å². The number of ether oxygens (including phenoxy) is 2. The number of hydrogen-bond acceptors (Lipinski definition) is 7. The summed E-state index contributed by atoms with van der Waals surface area (Å²) in [5.74, 6) is 0.774. The number of hydrogen-bond donors (Lipinski definition) is 1. The minimum atomic E-state index is -3.76. The van der Waals surface area contributed by atoms with Crippen LogP contribution < -0.4 is 14.8 Å². The standard InChI is InChI=1S/C23H27N5O5S/c1-15(2)28-20-7-6-18(11-19(20)25-26-28)34(30,31)27-9-3-4-17(13-27)23(29)24-12-16-5-8-21-22(10-16)33-14-32-21/h5-8,10-11,15,17H,3-4,9,12-14H2,1-2H3,(H,24,29). The van der Waals surface area contributed by atoms with E-state index in [4.69, 9.17) is 9.47 Å². The summed E-state index contributed by atoms with van der Waals surface area (Å²) < 4.78 is 40.5. The first-order valence-electron chi connectivity index (χ1n) is 11.3. The Morgan fingerprint density at radius 1 is 1.18 bits per heavy atom. The third-order valence-corrected chi connectivity index (χ3v) is 8.09. The van der Waals surface area contributed by atoms with Gasteiger partial charge in [-0.2, -0.15) is 4.31 Å². The van der Waals surface area contributed by atoms with Crippen LogP contribution >= 0.6 is 0 Å². The molecule has 3 aromatic rings. The Morgan fingerprint density at radius 3 is 2.82 bits per heavy atom. The molecule has 2 aliphatic heterocycles. The van der Waals surface area contributed by atoms with Gasteiger partial charge in [0.05, 0.1) is 16.3 Å². The van der Waals surface area contributed by atoms with Crippen molar-refractivity contribution in [2.45, 2.75) is 44.2 Å². The van der Waals surface area contributed by atoms with Crippen LogP contribution in [0.25, 0.3) is 11.0 Å². The fraction of sp³-hybridized carbons (Fsp3) is 0.435. The first-order valence-corrected chi connectivity index (χ1v) is 12.8. The van der Waals surface area contributed by atoms with Crippen LogP contribution in [-0.2, 0) is 21.4 Å². The topological polar surface area (TPSA) is 116 Å². The van der Waals surface area contributed by atoms with Crippen molar-refractivity contribution in [3.05, 3.63) is 42.0 Å². The average Bonchev–Trinajstić information content (AvgIpc) is 3.48. The summed E-state index contributed by atoms with van der Waals surface area (Å²) in [5, 5.41) is 11.2. The SMILES string of the molecule is CC(C)n1nnc2cc(S(=O)(=O)N3CCCC(C(=O)NCc4ccc5c(c4)OCO5)C3)ccc21. The monoisotopic (exact) mass is 485 g/mol. The minimum absolute atomic E-state index is 0.117. The molecule has 0 radical (unpaired) electrons. The number of carbonyl (C=O) groups excluding carboxylic acids is 1. The summed E-state index contributed by atoms with van der Waals surface area (Å²) >= 11 is 0. The van der Waals surface area contributed by atoms with Crippen LogP contribution in [0.5, 0.6) is 11.5 Å². The van der Waals surface area contributed by atoms with Crippen LogP contribution in [-0.4, -0.2) is 53.5 Å². The average molecular weight is 486 g/mol. The molecule has 0 aliphatic carbocycles. The van der Waals surface area contributed by atoms with Crippen LogP contribution in [0, 0.1) is 5.92 Å². The molecule has 1 unspecified atom stereocenters. The molecule has 180 valence electrons. The maximum absolute atomic E-state index is 13.3. The molecule has 0 bridgehead atoms. The first-order chi connectivity index (χ1) is 16.3. The molecule has 1 N–H and O–H groups in total. The molecule has 1 saturated heterocycles. The highest BCUT2D eigenvalue weighted by molar-refractivity contribution is 7.89. The van der Waals surface area contributed by atoms with Gasteiger partial charge in [0.1, 0.15) is 5.52 Å². The lowest BCUT2D eigenvalue weighted by molar-refractivity contribution is -0.126. The number of amides is 1. The van der Waals surface area contributed by atoms with Crippen LogP contribution in [0.4, 0.5) is 0 Å². The van der Waals surface area contributed by atoms with Gasteiger partial charge in [0.2, 0.25) is 22.7 Å². The van der Waals surface area contributed by atoms with Crippen LogP contribution in [0.2, 0.25) is 0 Å². The molecule has 1 amide bonds. The second kappa shape index (κ2) is 8.88. The van der Waals surface area contributed by atoms with E-state index in [1.807, 2.05) is 32.0 Å². The Hall–Kier alpha value is -3.18. The zero-order valence-electron chi connectivity index (χ0n) is 19.1. The van der Waals surface area contributed by atoms with Gasteiger partial charge in [-0.05, 0) is 62.6 Å². The molecule has 11 heteroatoms. The summed E-state index contributed by atoms with van der Waals surface area (Å²) in [4.78, 5) is 13.0. The van der Waals surface area contributed by atoms with E-state index < -0.39 is 15.9 Å². The number of nitrogens with one attached hydrogen (secondary N) is 1. The number of piperidine rings is 1. The predicted molar refractivity (Wildman–Crippen MR) is 124 cm³/mol. The third kappa shape index (κ3) is 4.21. The first kappa shape index (κ1) is 22.6. The zero-order chi connectivity index (χ0) is 23.9. The summed E-state index contributed by atoms with van der Waals surface area (Å²) in [6.07, 6.45) is 1.26. The highest BCUT2D eigenvalue weighted by Crippen LogP contribution is 2.32. The normalized spacial score (nSPS) is 18.5. The van der Waals surface area contributed by atoms with Crippen molar-refractivity contribution in [3.8, 4) is 11.5 Å². The van der Waals surface area contributed by atoms with Crippen molar-refractivity contribution in [3.63, 3.8) is 0 Å². The zero-order valence-corrected chi connectivity index (χ0v) is 19.9. The Kier molecular flexibility index (Phi) is 5.90. The second-order valence-electron chi connectivity index (χ2n) is 8.89. The van der Waals surface area contributed by atoms with Crippen LogP contribution in [0.3, 0.4) is 0 Å². The van der Waals surface area contributed by atoms with Crippen molar-refractivity contribution < 1.29 is 22.7 Å². The number of fused-ring (bicyclic) bond motifs is 2. The van der Waals surface area contributed by atoms with E-state index in [1.54, 1.807) is 22.9 Å². The summed E-state index contributed by atoms with van der Waals surface area (Å²) in [5.41, 5.74) is 2.21. The van der Waals surface area contributed by atoms with E-state index in [0.29, 0.717) is 42.9 Å². The molecule has 34 heavy (non-hydrogen) atoms. The van der Waals surface area contributed by atoms with E-state index in [2.05, 4.69) is 15.6 Å². The van der Waals surface area contributed by atoms with E-state index in [-0.39, 0.29) is 30.2 Å². The predicted octanol–water partition coefficient (Wildman–Crippen LogP) is 2.46. The van der Waals surface area contributed by atoms with Gasteiger partial charge >= 0.3 is 0 Å². The van der Waals surface area contributed by atoms with Crippen LogP contribution in [0.15, 0.2) is 41.3 Å². The van der Waals surface area contributed by atoms with Gasteiger partial charge in [-0.3, -0.25) is 4.79 Å². The number of nitrogens with zero attached hydrogens (tertiary/aromatic N) is 4. The summed E-state index contributed by atoms with van der Waals surface area (Å²) in [6.45, 7) is 5.03. The van der Waals surface area contributed by atoms with Gasteiger partial charge in [0.25, 0.3) is 0 Å². The van der Waals surface area contributed by atoms with Gasteiger partial charge in [0.15, 0.2) is 11.5 Å². The molecule has 2 aliphatic rings. The molecule has 0 spiro atoms. The second-order valence-corrected chi connectivity index (χ2v) is 10.8. The van der Waals surface area contributed by atoms with Crippen molar-refractivity contribution in [1.29, 1.82) is 0 Å². The molecule has 1 fully saturated rings. The number of carbonyl (C=O) groups is 1. The third-order valence-electron chi connectivity index (χ3n) is 6.23. The number of aromatic nitrogens is 3. The van der Waals surface area contributed by atoms with Crippen molar-refractivity contribution in [1.82, 2.24) is 24.6 Å². The largest absolute Gasteiger partial charge is 0.454 e. The van der Waals surface area contributed by atoms with Gasteiger partial charge in [-0.15, -0.1) is 5.10 Å². The van der Waals surface area contributed by atoms with Gasteiger partial charge < -0.3 is 14.8 Å². The van der Waals surface area contributed by atoms with Gasteiger partial charge in [-0.25, -0.2) is 13.1 Å². The maximum Gasteiger partial charge on any atom is 0.243 e. The minimum Gasteiger partial charge on any atom is -0.454 e. The Balaban J connectivity index is 1.26. The molecule has 2 aromatic carbocycles. The Morgan fingerprint density at radius 2 is 2.00 bits per heavy atom. The smallest absolute Gasteiger partial charge is 0.243 e. The fourth-order valence-electron chi connectivity index (χ4n) is 4.37. The molecule has 10 nitrogen and oxygen atoms in total. The molecule has 3 heterocycles. The van der Waals surface area contributed by atoms with Gasteiger partial charge in [-0.1, -0.05) is 11.3 Å². The Labute approximate surface area is 197 Å². The van der Waals surface area contributed by atoms with E-state index >= 15 is 0 Å². The summed E-state index contributed by atoms with van der Waals surface area (Å²) in [6, 6.07) is 10.5. The molecule has 1 aromatic heterocycles.